The Morgan fingerprint density at radius 2 is 2.00 bits per heavy atom. The van der Waals surface area contributed by atoms with E-state index >= 15 is 0 Å². The minimum Gasteiger partial charge on any atom is -0.456 e. The number of esters is 1. The van der Waals surface area contributed by atoms with Crippen molar-refractivity contribution in [2.75, 3.05) is 6.26 Å². The molecule has 1 rings (SSSR count). The minimum atomic E-state index is -0.537. The molecule has 4 heteroatoms. The molecule has 0 saturated heterocycles. The fraction of sp³-hybridized carbons (Fsp3) is 0.417. The highest BCUT2D eigenvalue weighted by molar-refractivity contribution is 7.98. The van der Waals surface area contributed by atoms with Gasteiger partial charge in [0.05, 0.1) is 5.56 Å². The number of carbonyl (C=O) groups excluding carboxylic acids is 1. The quantitative estimate of drug-likeness (QED) is 0.586. The van der Waals surface area contributed by atoms with Gasteiger partial charge in [-0.3, -0.25) is 0 Å². The Morgan fingerprint density at radius 1 is 1.38 bits per heavy atom. The van der Waals surface area contributed by atoms with Crippen LogP contribution < -0.4 is 0 Å². The second-order valence-corrected chi connectivity index (χ2v) is 5.20. The zero-order valence-electron chi connectivity index (χ0n) is 9.83. The first kappa shape index (κ1) is 13.0. The molecule has 0 unspecified atom stereocenters. The zero-order chi connectivity index (χ0) is 12.3. The third kappa shape index (κ3) is 3.52. The van der Waals surface area contributed by atoms with Gasteiger partial charge < -0.3 is 4.74 Å². The third-order valence-corrected chi connectivity index (χ3v) is 2.54. The summed E-state index contributed by atoms with van der Waals surface area (Å²) in [7, 11) is 0. The van der Waals surface area contributed by atoms with Crippen LogP contribution in [0.1, 0.15) is 31.1 Å². The van der Waals surface area contributed by atoms with Gasteiger partial charge in [-0.25, -0.2) is 9.18 Å². The van der Waals surface area contributed by atoms with E-state index in [1.165, 1.54) is 30.0 Å². The summed E-state index contributed by atoms with van der Waals surface area (Å²) in [5.74, 6) is -0.748. The highest BCUT2D eigenvalue weighted by atomic mass is 32.2. The van der Waals surface area contributed by atoms with Gasteiger partial charge in [-0.1, -0.05) is 0 Å². The molecule has 2 nitrogen and oxygen atoms in total. The van der Waals surface area contributed by atoms with Crippen molar-refractivity contribution in [1.82, 2.24) is 0 Å². The lowest BCUT2D eigenvalue weighted by Crippen LogP contribution is -2.23. The number of halogens is 1. The van der Waals surface area contributed by atoms with E-state index in [0.717, 1.165) is 0 Å². The van der Waals surface area contributed by atoms with Gasteiger partial charge in [-0.05, 0) is 45.2 Å². The number of hydrogen-bond donors (Lipinski definition) is 0. The van der Waals surface area contributed by atoms with Crippen LogP contribution in [0.4, 0.5) is 4.39 Å². The molecule has 1 aromatic carbocycles. The van der Waals surface area contributed by atoms with Gasteiger partial charge >= 0.3 is 5.97 Å². The van der Waals surface area contributed by atoms with Gasteiger partial charge in [0.1, 0.15) is 11.4 Å². The van der Waals surface area contributed by atoms with Crippen molar-refractivity contribution in [3.63, 3.8) is 0 Å². The molecular formula is C12H15FO2S. The van der Waals surface area contributed by atoms with Crippen molar-refractivity contribution in [2.24, 2.45) is 0 Å². The van der Waals surface area contributed by atoms with Crippen LogP contribution in [-0.2, 0) is 4.74 Å². The van der Waals surface area contributed by atoms with E-state index in [9.17, 15) is 9.18 Å². The molecule has 0 N–H and O–H groups in total. The maximum absolute atomic E-state index is 13.2. The van der Waals surface area contributed by atoms with E-state index in [1.54, 1.807) is 27.0 Å². The van der Waals surface area contributed by atoms with Gasteiger partial charge in [-0.2, -0.15) is 0 Å². The lowest BCUT2D eigenvalue weighted by molar-refractivity contribution is 0.00692. The van der Waals surface area contributed by atoms with Crippen molar-refractivity contribution in [3.8, 4) is 0 Å². The molecule has 0 heterocycles. The van der Waals surface area contributed by atoms with E-state index < -0.39 is 11.6 Å². The predicted octanol–water partition coefficient (Wildman–Crippen LogP) is 3.50. The van der Waals surface area contributed by atoms with Crippen molar-refractivity contribution < 1.29 is 13.9 Å². The van der Waals surface area contributed by atoms with Crippen LogP contribution in [0.5, 0.6) is 0 Å². The Bertz CT molecular complexity index is 396. The molecule has 0 saturated carbocycles. The molecule has 0 aliphatic carbocycles. The molecule has 16 heavy (non-hydrogen) atoms. The summed E-state index contributed by atoms with van der Waals surface area (Å²) in [5.41, 5.74) is -0.161. The summed E-state index contributed by atoms with van der Waals surface area (Å²) in [6.45, 7) is 5.39. The maximum Gasteiger partial charge on any atom is 0.338 e. The SMILES string of the molecule is CSc1cc(C(=O)OC(C)(C)C)ccc1F. The lowest BCUT2D eigenvalue weighted by atomic mass is 10.1. The summed E-state index contributed by atoms with van der Waals surface area (Å²) >= 11 is 1.26. The number of benzene rings is 1. The van der Waals surface area contributed by atoms with Crippen molar-refractivity contribution in [2.45, 2.75) is 31.3 Å². The van der Waals surface area contributed by atoms with Crippen LogP contribution in [0, 0.1) is 5.82 Å². The predicted molar refractivity (Wildman–Crippen MR) is 63.3 cm³/mol. The van der Waals surface area contributed by atoms with Gasteiger partial charge in [0.15, 0.2) is 0 Å². The van der Waals surface area contributed by atoms with Gasteiger partial charge in [0.25, 0.3) is 0 Å². The van der Waals surface area contributed by atoms with Crippen LogP contribution in [0.3, 0.4) is 0 Å². The van der Waals surface area contributed by atoms with Gasteiger partial charge in [-0.15, -0.1) is 11.8 Å². The van der Waals surface area contributed by atoms with Crippen LogP contribution >= 0.6 is 11.8 Å². The second-order valence-electron chi connectivity index (χ2n) is 4.35. The first-order valence-electron chi connectivity index (χ1n) is 4.90. The van der Waals surface area contributed by atoms with Crippen LogP contribution in [0.15, 0.2) is 23.1 Å². The molecule has 0 aliphatic heterocycles. The average Bonchev–Trinajstić information content (AvgIpc) is 2.15. The maximum atomic E-state index is 13.2. The van der Waals surface area contributed by atoms with E-state index in [0.29, 0.717) is 10.5 Å². The van der Waals surface area contributed by atoms with E-state index in [-0.39, 0.29) is 5.82 Å². The van der Waals surface area contributed by atoms with Crippen LogP contribution in [-0.4, -0.2) is 17.8 Å². The Balaban J connectivity index is 2.93. The first-order valence-corrected chi connectivity index (χ1v) is 6.13. The normalized spacial score (nSPS) is 11.3. The molecule has 0 radical (unpaired) electrons. The highest BCUT2D eigenvalue weighted by Gasteiger charge is 2.18. The summed E-state index contributed by atoms with van der Waals surface area (Å²) < 4.78 is 18.4. The van der Waals surface area contributed by atoms with E-state index in [4.69, 9.17) is 4.74 Å². The fourth-order valence-electron chi connectivity index (χ4n) is 1.12. The third-order valence-electron chi connectivity index (χ3n) is 1.79. The first-order chi connectivity index (χ1) is 7.33. The zero-order valence-corrected chi connectivity index (χ0v) is 10.7. The van der Waals surface area contributed by atoms with E-state index in [2.05, 4.69) is 0 Å². The largest absolute Gasteiger partial charge is 0.456 e. The van der Waals surface area contributed by atoms with Crippen LogP contribution in [0.25, 0.3) is 0 Å². The number of ether oxygens (including phenoxy) is 1. The topological polar surface area (TPSA) is 26.3 Å². The summed E-state index contributed by atoms with van der Waals surface area (Å²) in [4.78, 5) is 12.1. The molecule has 1 aromatic rings. The van der Waals surface area contributed by atoms with E-state index in [1.807, 2.05) is 0 Å². The molecule has 0 spiro atoms. The smallest absolute Gasteiger partial charge is 0.338 e. The van der Waals surface area contributed by atoms with Gasteiger partial charge in [0, 0.05) is 4.90 Å². The molecule has 0 amide bonds. The summed E-state index contributed by atoms with van der Waals surface area (Å²) in [6, 6.07) is 4.22. The Morgan fingerprint density at radius 3 is 2.50 bits per heavy atom. The molecule has 88 valence electrons. The number of rotatable bonds is 2. The fourth-order valence-corrected chi connectivity index (χ4v) is 1.63. The number of carbonyl (C=O) groups is 1. The van der Waals surface area contributed by atoms with Gasteiger partial charge in [0.2, 0.25) is 0 Å². The molecule has 0 bridgehead atoms. The number of thioether (sulfide) groups is 1. The second kappa shape index (κ2) is 4.87. The highest BCUT2D eigenvalue weighted by Crippen LogP contribution is 2.21. The molecule has 0 aliphatic rings. The molecule has 0 fully saturated rings. The summed E-state index contributed by atoms with van der Waals surface area (Å²) in [6.07, 6.45) is 1.76. The Kier molecular flexibility index (Phi) is 3.97. The van der Waals surface area contributed by atoms with Crippen LogP contribution in [0.2, 0.25) is 0 Å². The van der Waals surface area contributed by atoms with Crippen molar-refractivity contribution in [1.29, 1.82) is 0 Å². The molecule has 0 aromatic heterocycles. The monoisotopic (exact) mass is 242 g/mol. The van der Waals surface area contributed by atoms with Crippen molar-refractivity contribution in [3.05, 3.63) is 29.6 Å². The average molecular weight is 242 g/mol. The lowest BCUT2D eigenvalue weighted by Gasteiger charge is -2.19. The minimum absolute atomic E-state index is 0.320. The molecular weight excluding hydrogens is 227 g/mol. The Hall–Kier alpha value is -1.03. The standard InChI is InChI=1S/C12H15FO2S/c1-12(2,3)15-11(14)8-5-6-9(13)10(7-8)16-4/h5-7H,1-4H3. The Labute approximate surface area is 99.2 Å². The molecule has 0 atom stereocenters. The number of hydrogen-bond acceptors (Lipinski definition) is 3. The van der Waals surface area contributed by atoms with Crippen molar-refractivity contribution >= 4 is 17.7 Å². The summed E-state index contributed by atoms with van der Waals surface area (Å²) in [5, 5.41) is 0.